The van der Waals surface area contributed by atoms with Crippen LogP contribution >= 0.6 is 12.6 Å². The van der Waals surface area contributed by atoms with Crippen molar-refractivity contribution in [2.75, 3.05) is 0 Å². The fourth-order valence-corrected chi connectivity index (χ4v) is 2.47. The van der Waals surface area contributed by atoms with E-state index in [2.05, 4.69) is 41.7 Å². The Balaban J connectivity index is 1.71. The second-order valence-corrected chi connectivity index (χ2v) is 5.73. The van der Waals surface area contributed by atoms with E-state index in [1.807, 2.05) is 37.3 Å². The number of aromatic nitrogens is 2. The fourth-order valence-electron chi connectivity index (χ4n) is 2.32. The molecule has 108 valence electrons. The zero-order valence-corrected chi connectivity index (χ0v) is 13.0. The molecule has 0 radical (unpaired) electrons. The van der Waals surface area contributed by atoms with Crippen LogP contribution in [0.1, 0.15) is 30.0 Å². The van der Waals surface area contributed by atoms with E-state index in [1.54, 1.807) is 0 Å². The lowest BCUT2D eigenvalue weighted by Gasteiger charge is -2.13. The lowest BCUT2D eigenvalue weighted by Crippen LogP contribution is -2.00. The van der Waals surface area contributed by atoms with Crippen molar-refractivity contribution in [1.82, 2.24) is 9.97 Å². The van der Waals surface area contributed by atoms with Gasteiger partial charge in [0.2, 0.25) is 0 Å². The number of rotatable bonds is 4. The van der Waals surface area contributed by atoms with Gasteiger partial charge in [-0.05, 0) is 49.2 Å². The van der Waals surface area contributed by atoms with Crippen LogP contribution in [0.3, 0.4) is 0 Å². The topological polar surface area (TPSA) is 37.9 Å². The Morgan fingerprint density at radius 1 is 1.19 bits per heavy atom. The fraction of sp³-hybridized carbons (Fsp3) is 0.235. The third-order valence-electron chi connectivity index (χ3n) is 3.53. The zero-order valence-electron chi connectivity index (χ0n) is 12.1. The molecule has 3 nitrogen and oxygen atoms in total. The minimum atomic E-state index is 0.0358. The summed E-state index contributed by atoms with van der Waals surface area (Å²) in [5.41, 5.74) is 4.35. The van der Waals surface area contributed by atoms with Gasteiger partial charge in [-0.15, -0.1) is 12.6 Å². The lowest BCUT2D eigenvalue weighted by molar-refractivity contribution is 0.0526. The molecule has 0 amide bonds. The van der Waals surface area contributed by atoms with Crippen molar-refractivity contribution in [3.05, 3.63) is 59.4 Å². The summed E-state index contributed by atoms with van der Waals surface area (Å²) in [4.78, 5) is 8.64. The Morgan fingerprint density at radius 3 is 2.71 bits per heavy atom. The molecule has 0 fully saturated rings. The van der Waals surface area contributed by atoms with Crippen molar-refractivity contribution in [2.45, 2.75) is 31.5 Å². The molecule has 2 aromatic carbocycles. The van der Waals surface area contributed by atoms with Crippen molar-refractivity contribution in [3.63, 3.8) is 0 Å². The number of nitrogens with one attached hydrogen (secondary N) is 1. The van der Waals surface area contributed by atoms with E-state index in [1.165, 1.54) is 0 Å². The molecule has 1 N–H and O–H groups in total. The zero-order chi connectivity index (χ0) is 14.8. The van der Waals surface area contributed by atoms with Crippen LogP contribution < -0.4 is 0 Å². The van der Waals surface area contributed by atoms with Gasteiger partial charge in [-0.25, -0.2) is 4.98 Å². The molecule has 0 spiro atoms. The monoisotopic (exact) mass is 298 g/mol. The number of ether oxygens (including phenoxy) is 1. The van der Waals surface area contributed by atoms with Crippen LogP contribution in [0.25, 0.3) is 11.0 Å². The summed E-state index contributed by atoms with van der Waals surface area (Å²) in [6.45, 7) is 4.62. The second kappa shape index (κ2) is 5.92. The number of hydrogen-bond donors (Lipinski definition) is 2. The van der Waals surface area contributed by atoms with E-state index in [0.29, 0.717) is 6.61 Å². The Labute approximate surface area is 129 Å². The average molecular weight is 298 g/mol. The highest BCUT2D eigenvalue weighted by molar-refractivity contribution is 7.80. The van der Waals surface area contributed by atoms with Crippen LogP contribution in [0.2, 0.25) is 0 Å². The molecular weight excluding hydrogens is 280 g/mol. The van der Waals surface area contributed by atoms with Crippen LogP contribution in [0.15, 0.2) is 47.4 Å². The summed E-state index contributed by atoms with van der Waals surface area (Å²) in [7, 11) is 0. The van der Waals surface area contributed by atoms with Crippen LogP contribution in [-0.4, -0.2) is 9.97 Å². The van der Waals surface area contributed by atoms with Gasteiger partial charge in [0.1, 0.15) is 5.82 Å². The maximum atomic E-state index is 5.95. The summed E-state index contributed by atoms with van der Waals surface area (Å²) in [6.07, 6.45) is 0.0358. The Bertz CT molecular complexity index is 749. The third kappa shape index (κ3) is 3.28. The summed E-state index contributed by atoms with van der Waals surface area (Å²) in [5, 5.41) is 0. The van der Waals surface area contributed by atoms with Gasteiger partial charge in [-0.3, -0.25) is 0 Å². The molecule has 0 saturated heterocycles. The highest BCUT2D eigenvalue weighted by Gasteiger charge is 2.08. The molecule has 0 aliphatic rings. The van der Waals surface area contributed by atoms with Gasteiger partial charge in [0, 0.05) is 4.90 Å². The van der Waals surface area contributed by atoms with Gasteiger partial charge in [0.15, 0.2) is 0 Å². The number of aromatic amines is 1. The SMILES string of the molecule is Cc1nc2ccc(C(C)OCc3ccc(S)cc3)cc2[nH]1. The molecule has 0 aliphatic carbocycles. The standard InChI is InChI=1S/C17H18N2OS/c1-11(20-10-13-3-6-15(21)7-4-13)14-5-8-16-17(9-14)19-12(2)18-16/h3-9,11,21H,10H2,1-2H3,(H,18,19). The maximum absolute atomic E-state index is 5.95. The van der Waals surface area contributed by atoms with Gasteiger partial charge in [-0.1, -0.05) is 18.2 Å². The molecule has 3 aromatic rings. The minimum Gasteiger partial charge on any atom is -0.369 e. The summed E-state index contributed by atoms with van der Waals surface area (Å²) < 4.78 is 5.95. The van der Waals surface area contributed by atoms with E-state index < -0.39 is 0 Å². The Kier molecular flexibility index (Phi) is 3.99. The molecule has 1 aromatic heterocycles. The van der Waals surface area contributed by atoms with E-state index >= 15 is 0 Å². The highest BCUT2D eigenvalue weighted by atomic mass is 32.1. The number of nitrogens with zero attached hydrogens (tertiary/aromatic N) is 1. The molecule has 0 bridgehead atoms. The maximum Gasteiger partial charge on any atom is 0.104 e. The van der Waals surface area contributed by atoms with E-state index in [9.17, 15) is 0 Å². The average Bonchev–Trinajstić information content (AvgIpc) is 2.85. The summed E-state index contributed by atoms with van der Waals surface area (Å²) >= 11 is 4.28. The number of aryl methyl sites for hydroxylation is 1. The van der Waals surface area contributed by atoms with Gasteiger partial charge in [0.05, 0.1) is 23.7 Å². The smallest absolute Gasteiger partial charge is 0.104 e. The first-order chi connectivity index (χ1) is 10.1. The van der Waals surface area contributed by atoms with Crippen LogP contribution in [-0.2, 0) is 11.3 Å². The molecular formula is C17H18N2OS. The largest absolute Gasteiger partial charge is 0.369 e. The summed E-state index contributed by atoms with van der Waals surface area (Å²) in [6, 6.07) is 14.2. The quantitative estimate of drug-likeness (QED) is 0.699. The normalized spacial score (nSPS) is 12.7. The van der Waals surface area contributed by atoms with Gasteiger partial charge < -0.3 is 9.72 Å². The molecule has 0 saturated carbocycles. The molecule has 1 unspecified atom stereocenters. The predicted octanol–water partition coefficient (Wildman–Crippen LogP) is 4.44. The van der Waals surface area contributed by atoms with Crippen molar-refractivity contribution in [1.29, 1.82) is 0 Å². The van der Waals surface area contributed by atoms with E-state index in [-0.39, 0.29) is 6.10 Å². The Hall–Kier alpha value is -1.78. The number of imidazole rings is 1. The summed E-state index contributed by atoms with van der Waals surface area (Å²) in [5.74, 6) is 0.933. The van der Waals surface area contributed by atoms with Gasteiger partial charge in [-0.2, -0.15) is 0 Å². The predicted molar refractivity (Wildman–Crippen MR) is 87.7 cm³/mol. The van der Waals surface area contributed by atoms with E-state index in [4.69, 9.17) is 4.74 Å². The first-order valence-electron chi connectivity index (χ1n) is 6.97. The molecule has 1 heterocycles. The molecule has 0 aliphatic heterocycles. The van der Waals surface area contributed by atoms with Gasteiger partial charge >= 0.3 is 0 Å². The first-order valence-corrected chi connectivity index (χ1v) is 7.42. The van der Waals surface area contributed by atoms with Crippen molar-refractivity contribution < 1.29 is 4.74 Å². The number of fused-ring (bicyclic) bond motifs is 1. The first kappa shape index (κ1) is 14.2. The van der Waals surface area contributed by atoms with Crippen LogP contribution in [0, 0.1) is 6.92 Å². The van der Waals surface area contributed by atoms with Crippen LogP contribution in [0.4, 0.5) is 0 Å². The number of hydrogen-bond acceptors (Lipinski definition) is 3. The number of H-pyrrole nitrogens is 1. The minimum absolute atomic E-state index is 0.0358. The highest BCUT2D eigenvalue weighted by Crippen LogP contribution is 2.22. The van der Waals surface area contributed by atoms with Crippen molar-refractivity contribution in [2.24, 2.45) is 0 Å². The Morgan fingerprint density at radius 2 is 1.95 bits per heavy atom. The lowest BCUT2D eigenvalue weighted by atomic mass is 10.1. The molecule has 3 rings (SSSR count). The van der Waals surface area contributed by atoms with E-state index in [0.717, 1.165) is 32.9 Å². The van der Waals surface area contributed by atoms with Crippen LogP contribution in [0.5, 0.6) is 0 Å². The van der Waals surface area contributed by atoms with Crippen molar-refractivity contribution in [3.8, 4) is 0 Å². The third-order valence-corrected chi connectivity index (χ3v) is 3.83. The molecule has 21 heavy (non-hydrogen) atoms. The second-order valence-electron chi connectivity index (χ2n) is 5.22. The molecule has 1 atom stereocenters. The molecule has 4 heteroatoms. The number of thiol groups is 1. The van der Waals surface area contributed by atoms with Gasteiger partial charge in [0.25, 0.3) is 0 Å². The van der Waals surface area contributed by atoms with Crippen molar-refractivity contribution >= 4 is 23.7 Å². The number of benzene rings is 2.